The van der Waals surface area contributed by atoms with Crippen LogP contribution in [0.1, 0.15) is 11.4 Å². The Hall–Kier alpha value is -2.46. The summed E-state index contributed by atoms with van der Waals surface area (Å²) in [6.07, 6.45) is -4.70. The molecule has 0 aliphatic carbocycles. The van der Waals surface area contributed by atoms with Gasteiger partial charge in [0.2, 0.25) is 5.82 Å². The van der Waals surface area contributed by atoms with Crippen LogP contribution in [0.4, 0.5) is 19.0 Å². The van der Waals surface area contributed by atoms with Gasteiger partial charge in [-0.1, -0.05) is 35.0 Å². The first-order valence-electron chi connectivity index (χ1n) is 7.55. The van der Waals surface area contributed by atoms with Crippen molar-refractivity contribution < 1.29 is 17.9 Å². The van der Waals surface area contributed by atoms with Crippen LogP contribution in [0.2, 0.25) is 5.02 Å². The fourth-order valence-electron chi connectivity index (χ4n) is 2.27. The third-order valence-electron chi connectivity index (χ3n) is 3.49. The summed E-state index contributed by atoms with van der Waals surface area (Å²) in [5.41, 5.74) is 0.787. The molecule has 2 heterocycles. The van der Waals surface area contributed by atoms with E-state index in [1.165, 1.54) is 11.8 Å². The van der Waals surface area contributed by atoms with Gasteiger partial charge < -0.3 is 10.1 Å². The Morgan fingerprint density at radius 2 is 2.00 bits per heavy atom. The number of nitrogens with zero attached hydrogens (tertiary/aromatic N) is 5. The number of fused-ring (bicyclic) bond motifs is 1. The molecule has 0 aliphatic heterocycles. The molecule has 1 aromatic carbocycles. The van der Waals surface area contributed by atoms with E-state index in [1.807, 2.05) is 0 Å². The van der Waals surface area contributed by atoms with Crippen LogP contribution in [0.3, 0.4) is 0 Å². The number of methoxy groups -OCH3 is 1. The maximum absolute atomic E-state index is 13.2. The fraction of sp³-hybridized carbons (Fsp3) is 0.333. The first kappa shape index (κ1) is 18.3. The van der Waals surface area contributed by atoms with E-state index in [4.69, 9.17) is 16.3 Å². The number of benzene rings is 1. The molecule has 26 heavy (non-hydrogen) atoms. The highest BCUT2D eigenvalue weighted by Crippen LogP contribution is 2.30. The lowest BCUT2D eigenvalue weighted by Gasteiger charge is -2.10. The van der Waals surface area contributed by atoms with Crippen LogP contribution >= 0.6 is 11.6 Å². The van der Waals surface area contributed by atoms with Crippen LogP contribution in [-0.2, 0) is 17.5 Å². The molecular weight excluding hydrogens is 373 g/mol. The van der Waals surface area contributed by atoms with E-state index in [0.717, 1.165) is 0 Å². The number of aromatic nitrogens is 5. The van der Waals surface area contributed by atoms with E-state index in [9.17, 15) is 13.2 Å². The molecule has 0 amide bonds. The summed E-state index contributed by atoms with van der Waals surface area (Å²) in [7, 11) is 1.48. The molecule has 0 saturated heterocycles. The molecule has 0 bridgehead atoms. The number of rotatable bonds is 6. The van der Waals surface area contributed by atoms with Gasteiger partial charge in [-0.3, -0.25) is 0 Å². The molecule has 3 aromatic rings. The molecule has 2 aromatic heterocycles. The van der Waals surface area contributed by atoms with Gasteiger partial charge in [0.1, 0.15) is 0 Å². The number of nitrogens with one attached hydrogen (secondary N) is 1. The molecule has 7 nitrogen and oxygen atoms in total. The Bertz CT molecular complexity index is 914. The minimum Gasteiger partial charge on any atom is -0.383 e. The second kappa shape index (κ2) is 7.42. The second-order valence-electron chi connectivity index (χ2n) is 5.32. The third kappa shape index (κ3) is 3.86. The molecule has 0 saturated carbocycles. The van der Waals surface area contributed by atoms with Crippen molar-refractivity contribution in [3.05, 3.63) is 40.7 Å². The number of anilines is 1. The summed E-state index contributed by atoms with van der Waals surface area (Å²) in [6.45, 7) is 0.680. The number of halogens is 4. The van der Waals surface area contributed by atoms with Crippen molar-refractivity contribution in [3.8, 4) is 0 Å². The molecule has 0 spiro atoms. The molecule has 1 N–H and O–H groups in total. The second-order valence-corrected chi connectivity index (χ2v) is 5.73. The minimum absolute atomic E-state index is 0.0350. The predicted molar refractivity (Wildman–Crippen MR) is 89.0 cm³/mol. The summed E-state index contributed by atoms with van der Waals surface area (Å²) in [5, 5.41) is 11.1. The van der Waals surface area contributed by atoms with Gasteiger partial charge in [-0.15, -0.1) is 5.10 Å². The topological polar surface area (TPSA) is 77.8 Å². The van der Waals surface area contributed by atoms with E-state index in [0.29, 0.717) is 17.2 Å². The first-order chi connectivity index (χ1) is 12.4. The van der Waals surface area contributed by atoms with Crippen molar-refractivity contribution in [1.29, 1.82) is 0 Å². The third-order valence-corrected chi connectivity index (χ3v) is 3.86. The quantitative estimate of drug-likeness (QED) is 0.656. The number of ether oxygens (including phenoxy) is 1. The number of hydrogen-bond acceptors (Lipinski definition) is 6. The van der Waals surface area contributed by atoms with Gasteiger partial charge in [0, 0.05) is 18.7 Å². The van der Waals surface area contributed by atoms with Gasteiger partial charge in [0.05, 0.1) is 13.2 Å². The van der Waals surface area contributed by atoms with Crippen molar-refractivity contribution in [1.82, 2.24) is 25.0 Å². The Morgan fingerprint density at radius 3 is 2.69 bits per heavy atom. The Morgan fingerprint density at radius 1 is 1.23 bits per heavy atom. The molecule has 0 atom stereocenters. The molecule has 0 aliphatic rings. The standard InChI is InChI=1S/C15H14ClF3N6O/c1-26-7-6-20-12-11-13(22-14(21-12)15(17,18)19)25(24-23-11)8-9-4-2-3-5-10(9)16/h2-5H,6-8H2,1H3,(H,20,21,22). The average Bonchev–Trinajstić information content (AvgIpc) is 2.99. The number of alkyl halides is 3. The molecule has 138 valence electrons. The van der Waals surface area contributed by atoms with Crippen molar-refractivity contribution in [2.24, 2.45) is 0 Å². The molecule has 0 unspecified atom stereocenters. The lowest BCUT2D eigenvalue weighted by molar-refractivity contribution is -0.144. The van der Waals surface area contributed by atoms with Crippen LogP contribution in [0.25, 0.3) is 11.2 Å². The van der Waals surface area contributed by atoms with E-state index in [2.05, 4.69) is 25.6 Å². The van der Waals surface area contributed by atoms with Gasteiger partial charge in [0.25, 0.3) is 0 Å². The maximum Gasteiger partial charge on any atom is 0.451 e. The normalized spacial score (nSPS) is 11.9. The van der Waals surface area contributed by atoms with Crippen LogP contribution in [0, 0.1) is 0 Å². The number of hydrogen-bond donors (Lipinski definition) is 1. The van der Waals surface area contributed by atoms with Gasteiger partial charge in [-0.25, -0.2) is 14.6 Å². The predicted octanol–water partition coefficient (Wildman–Crippen LogP) is 3.00. The highest BCUT2D eigenvalue weighted by molar-refractivity contribution is 6.31. The van der Waals surface area contributed by atoms with Gasteiger partial charge in [0.15, 0.2) is 17.0 Å². The lowest BCUT2D eigenvalue weighted by Crippen LogP contribution is -2.16. The largest absolute Gasteiger partial charge is 0.451 e. The summed E-state index contributed by atoms with van der Waals surface area (Å²) in [5.74, 6) is -1.32. The first-order valence-corrected chi connectivity index (χ1v) is 7.92. The van der Waals surface area contributed by atoms with Crippen LogP contribution < -0.4 is 5.32 Å². The fourth-order valence-corrected chi connectivity index (χ4v) is 2.47. The van der Waals surface area contributed by atoms with Gasteiger partial charge >= 0.3 is 6.18 Å². The highest BCUT2D eigenvalue weighted by atomic mass is 35.5. The monoisotopic (exact) mass is 386 g/mol. The van der Waals surface area contributed by atoms with Gasteiger partial charge in [-0.2, -0.15) is 13.2 Å². The molecule has 0 fully saturated rings. The van der Waals surface area contributed by atoms with E-state index < -0.39 is 12.0 Å². The summed E-state index contributed by atoms with van der Waals surface area (Å²) in [6, 6.07) is 6.96. The Balaban J connectivity index is 2.05. The average molecular weight is 387 g/mol. The zero-order valence-electron chi connectivity index (χ0n) is 13.6. The SMILES string of the molecule is COCCNc1nc(C(F)(F)F)nc2c1nnn2Cc1ccccc1Cl. The van der Waals surface area contributed by atoms with E-state index >= 15 is 0 Å². The van der Waals surface area contributed by atoms with Crippen molar-refractivity contribution >= 4 is 28.6 Å². The Labute approximate surface area is 151 Å². The van der Waals surface area contributed by atoms with E-state index in [-0.39, 0.29) is 30.1 Å². The summed E-state index contributed by atoms with van der Waals surface area (Å²) < 4.78 is 45.6. The van der Waals surface area contributed by atoms with Crippen molar-refractivity contribution in [2.75, 3.05) is 25.6 Å². The van der Waals surface area contributed by atoms with E-state index in [1.54, 1.807) is 24.3 Å². The van der Waals surface area contributed by atoms with Crippen LogP contribution in [0.5, 0.6) is 0 Å². The smallest absolute Gasteiger partial charge is 0.383 e. The minimum atomic E-state index is -4.70. The Kier molecular flexibility index (Phi) is 5.23. The zero-order chi connectivity index (χ0) is 18.7. The van der Waals surface area contributed by atoms with Crippen molar-refractivity contribution in [3.63, 3.8) is 0 Å². The van der Waals surface area contributed by atoms with Crippen molar-refractivity contribution in [2.45, 2.75) is 12.7 Å². The molecule has 0 radical (unpaired) electrons. The van der Waals surface area contributed by atoms with Gasteiger partial charge in [-0.05, 0) is 11.6 Å². The summed E-state index contributed by atoms with van der Waals surface area (Å²) in [4.78, 5) is 7.15. The van der Waals surface area contributed by atoms with Crippen LogP contribution in [-0.4, -0.2) is 45.2 Å². The highest BCUT2D eigenvalue weighted by Gasteiger charge is 2.36. The molecule has 11 heteroatoms. The zero-order valence-corrected chi connectivity index (χ0v) is 14.3. The lowest BCUT2D eigenvalue weighted by atomic mass is 10.2. The molecular formula is C15H14ClF3N6O. The summed E-state index contributed by atoms with van der Waals surface area (Å²) >= 11 is 6.11. The van der Waals surface area contributed by atoms with Crippen LogP contribution in [0.15, 0.2) is 24.3 Å². The maximum atomic E-state index is 13.2. The molecule has 3 rings (SSSR count).